The molecule has 0 spiro atoms. The summed E-state index contributed by atoms with van der Waals surface area (Å²) in [5.74, 6) is 1.96. The molecule has 4 bridgehead atoms. The van der Waals surface area contributed by atoms with Crippen LogP contribution in [-0.4, -0.2) is 18.7 Å². The van der Waals surface area contributed by atoms with Crippen LogP contribution in [0.2, 0.25) is 0 Å². The van der Waals surface area contributed by atoms with Crippen LogP contribution in [-0.2, 0) is 4.79 Å². The molecule has 3 heteroatoms. The minimum absolute atomic E-state index is 0.123. The van der Waals surface area contributed by atoms with Gasteiger partial charge in [0.2, 0.25) is 0 Å². The van der Waals surface area contributed by atoms with Crippen molar-refractivity contribution in [1.82, 2.24) is 5.41 Å². The zero-order valence-electron chi connectivity index (χ0n) is 13.2. The molecule has 0 aromatic heterocycles. The van der Waals surface area contributed by atoms with E-state index in [2.05, 4.69) is 0 Å². The number of anilines is 1. The number of benzene rings is 1. The fraction of sp³-hybridized carbons (Fsp3) is 0.579. The van der Waals surface area contributed by atoms with Gasteiger partial charge in [0.05, 0.1) is 0 Å². The predicted octanol–water partition coefficient (Wildman–Crippen LogP) is 3.11. The van der Waals surface area contributed by atoms with Gasteiger partial charge in [-0.1, -0.05) is 18.2 Å². The van der Waals surface area contributed by atoms with Gasteiger partial charge in [0.15, 0.2) is 0 Å². The summed E-state index contributed by atoms with van der Waals surface area (Å²) in [7, 11) is 1.76. The smallest absolute Gasteiger partial charge is 0.274 e. The lowest BCUT2D eigenvalue weighted by molar-refractivity contribution is -0.113. The molecule has 5 rings (SSSR count). The van der Waals surface area contributed by atoms with Crippen molar-refractivity contribution >= 4 is 17.3 Å². The van der Waals surface area contributed by atoms with Gasteiger partial charge in [-0.05, 0) is 68.4 Å². The van der Waals surface area contributed by atoms with Gasteiger partial charge >= 0.3 is 0 Å². The van der Waals surface area contributed by atoms with E-state index in [1.54, 1.807) is 11.9 Å². The van der Waals surface area contributed by atoms with E-state index in [1.807, 2.05) is 30.3 Å². The van der Waals surface area contributed by atoms with E-state index >= 15 is 0 Å². The Labute approximate surface area is 132 Å². The normalized spacial score (nSPS) is 35.4. The lowest BCUT2D eigenvalue weighted by Gasteiger charge is -2.56. The molecule has 0 aliphatic heterocycles. The largest absolute Gasteiger partial charge is 0.310 e. The van der Waals surface area contributed by atoms with Crippen LogP contribution in [0.5, 0.6) is 0 Å². The third-order valence-corrected chi connectivity index (χ3v) is 6.19. The summed E-state index contributed by atoms with van der Waals surface area (Å²) in [5.41, 5.74) is 0.733. The van der Waals surface area contributed by atoms with Crippen LogP contribution >= 0.6 is 0 Å². The van der Waals surface area contributed by atoms with E-state index in [1.165, 1.54) is 19.3 Å². The minimum Gasteiger partial charge on any atom is -0.310 e. The van der Waals surface area contributed by atoms with Crippen molar-refractivity contribution in [3.05, 3.63) is 30.3 Å². The second-order valence-electron chi connectivity index (χ2n) is 7.75. The molecule has 22 heavy (non-hydrogen) atoms. The Morgan fingerprint density at radius 3 is 2.05 bits per heavy atom. The maximum atomic E-state index is 12.8. The predicted molar refractivity (Wildman–Crippen MR) is 87.6 cm³/mol. The first-order valence-electron chi connectivity index (χ1n) is 8.47. The number of amides is 1. The fourth-order valence-electron chi connectivity index (χ4n) is 5.56. The number of hydrogen-bond acceptors (Lipinski definition) is 1. The zero-order valence-corrected chi connectivity index (χ0v) is 13.2. The van der Waals surface area contributed by atoms with E-state index in [0.717, 1.165) is 42.7 Å². The average molecular weight is 295 g/mol. The Morgan fingerprint density at radius 2 is 1.55 bits per heavy atom. The second-order valence-corrected chi connectivity index (χ2v) is 7.75. The number of rotatable bonds is 3. The van der Waals surface area contributed by atoms with Gasteiger partial charge in [0.1, 0.15) is 5.71 Å². The van der Waals surface area contributed by atoms with Gasteiger partial charge in [-0.3, -0.25) is 4.79 Å². The molecule has 0 saturated heterocycles. The summed E-state index contributed by atoms with van der Waals surface area (Å²) >= 11 is 0. The Hall–Kier alpha value is -1.64. The lowest BCUT2D eigenvalue weighted by Crippen LogP contribution is -2.54. The van der Waals surface area contributed by atoms with Crippen LogP contribution in [0, 0.1) is 23.2 Å². The summed E-state index contributed by atoms with van der Waals surface area (Å²) < 4.78 is 0. The minimum atomic E-state index is -0.227. The summed E-state index contributed by atoms with van der Waals surface area (Å²) in [6.45, 7) is 0. The molecule has 1 radical (unpaired) electrons. The first-order chi connectivity index (χ1) is 10.6. The average Bonchev–Trinajstić information content (AvgIpc) is 2.52. The highest BCUT2D eigenvalue weighted by atomic mass is 16.2. The van der Waals surface area contributed by atoms with Crippen LogP contribution < -0.4 is 10.3 Å². The molecule has 4 aliphatic rings. The van der Waals surface area contributed by atoms with Gasteiger partial charge < -0.3 is 4.90 Å². The van der Waals surface area contributed by atoms with Crippen molar-refractivity contribution in [3.8, 4) is 0 Å². The highest BCUT2D eigenvalue weighted by molar-refractivity contribution is 6.44. The first-order valence-corrected chi connectivity index (χ1v) is 8.47. The maximum Gasteiger partial charge on any atom is 0.274 e. The van der Waals surface area contributed by atoms with Crippen LogP contribution in [0.25, 0.3) is 0 Å². The van der Waals surface area contributed by atoms with Gasteiger partial charge in [-0.15, -0.1) is 5.41 Å². The van der Waals surface area contributed by atoms with Crippen molar-refractivity contribution < 1.29 is 4.79 Å². The maximum absolute atomic E-state index is 12.8. The zero-order chi connectivity index (χ0) is 15.3. The van der Waals surface area contributed by atoms with Gasteiger partial charge in [0, 0.05) is 18.2 Å². The van der Waals surface area contributed by atoms with Gasteiger partial charge in [0.25, 0.3) is 5.91 Å². The van der Waals surface area contributed by atoms with E-state index in [4.69, 9.17) is 0 Å². The third kappa shape index (κ3) is 2.10. The molecule has 1 aromatic carbocycles. The molecular formula is C19H23N2O. The summed E-state index contributed by atoms with van der Waals surface area (Å²) in [4.78, 5) is 14.4. The van der Waals surface area contributed by atoms with Crippen molar-refractivity contribution in [1.29, 1.82) is 0 Å². The molecule has 0 unspecified atom stereocenters. The molecule has 4 saturated carbocycles. The monoisotopic (exact) mass is 295 g/mol. The Bertz CT molecular complexity index is 572. The van der Waals surface area contributed by atoms with Crippen molar-refractivity contribution in [2.45, 2.75) is 38.5 Å². The molecule has 0 atom stereocenters. The van der Waals surface area contributed by atoms with Crippen LogP contribution in [0.3, 0.4) is 0 Å². The van der Waals surface area contributed by atoms with Gasteiger partial charge in [-0.2, -0.15) is 0 Å². The molecule has 4 fully saturated rings. The van der Waals surface area contributed by atoms with Crippen LogP contribution in [0.4, 0.5) is 5.69 Å². The van der Waals surface area contributed by atoms with Gasteiger partial charge in [-0.25, -0.2) is 0 Å². The summed E-state index contributed by atoms with van der Waals surface area (Å²) in [6.07, 6.45) is 6.98. The molecule has 0 heterocycles. The molecule has 4 aliphatic carbocycles. The Kier molecular flexibility index (Phi) is 3.14. The molecule has 115 valence electrons. The molecular weight excluding hydrogens is 272 g/mol. The number of hydrogen-bond donors (Lipinski definition) is 0. The quantitative estimate of drug-likeness (QED) is 0.790. The lowest BCUT2D eigenvalue weighted by atomic mass is 9.48. The third-order valence-electron chi connectivity index (χ3n) is 6.19. The number of nitrogens with zero attached hydrogens (tertiary/aromatic N) is 2. The SMILES string of the molecule is CN(C(=O)C(=[N])C12CC3CC(CC(C3)C1)C2)c1ccccc1. The first kappa shape index (κ1) is 14.0. The van der Waals surface area contributed by atoms with E-state index in [-0.39, 0.29) is 17.0 Å². The van der Waals surface area contributed by atoms with E-state index in [0.29, 0.717) is 0 Å². The summed E-state index contributed by atoms with van der Waals surface area (Å²) in [6, 6.07) is 9.59. The van der Waals surface area contributed by atoms with Crippen LogP contribution in [0.15, 0.2) is 30.3 Å². The second kappa shape index (κ2) is 4.94. The molecule has 3 nitrogen and oxygen atoms in total. The summed E-state index contributed by atoms with van der Waals surface area (Å²) in [5, 5.41) is 10.8. The van der Waals surface area contributed by atoms with E-state index in [9.17, 15) is 10.2 Å². The molecule has 1 aromatic rings. The Morgan fingerprint density at radius 1 is 1.05 bits per heavy atom. The fourth-order valence-corrected chi connectivity index (χ4v) is 5.56. The van der Waals surface area contributed by atoms with Crippen molar-refractivity contribution in [2.24, 2.45) is 23.2 Å². The molecule has 1 amide bonds. The number of para-hydroxylation sites is 1. The van der Waals surface area contributed by atoms with Crippen LogP contribution in [0.1, 0.15) is 38.5 Å². The highest BCUT2D eigenvalue weighted by Gasteiger charge is 2.54. The van der Waals surface area contributed by atoms with Crippen molar-refractivity contribution in [3.63, 3.8) is 0 Å². The molecule has 0 N–H and O–H groups in total. The topological polar surface area (TPSA) is 42.6 Å². The van der Waals surface area contributed by atoms with E-state index < -0.39 is 0 Å². The number of carbonyl (C=O) groups is 1. The van der Waals surface area contributed by atoms with Crippen molar-refractivity contribution in [2.75, 3.05) is 11.9 Å². The standard InChI is InChI=1S/C19H23N2O/c1-21(16-5-3-2-4-6-16)18(22)17(20)19-10-13-7-14(11-19)9-15(8-13)12-19/h2-6,13-15H,7-12H2,1H3. The highest BCUT2D eigenvalue weighted by Crippen LogP contribution is 2.60. The Balaban J connectivity index is 1.58. The number of carbonyl (C=O) groups excluding carboxylic acids is 1.